The Morgan fingerprint density at radius 3 is 2.46 bits per heavy atom. The number of nitrogens with zero attached hydrogens (tertiary/aromatic N) is 1. The smallest absolute Gasteiger partial charge is 0.268 e. The van der Waals surface area contributed by atoms with Gasteiger partial charge in [-0.2, -0.15) is 0 Å². The van der Waals surface area contributed by atoms with Crippen LogP contribution in [0.25, 0.3) is 0 Å². The van der Waals surface area contributed by atoms with Crippen LogP contribution in [0.2, 0.25) is 0 Å². The molecule has 1 amide bonds. The number of aryl methyl sites for hydroxylation is 3. The van der Waals surface area contributed by atoms with Gasteiger partial charge in [0.1, 0.15) is 5.69 Å². The molecule has 4 rings (SSSR count). The minimum atomic E-state index is -0.0737. The highest BCUT2D eigenvalue weighted by molar-refractivity contribution is 5.94. The molecular formula is C23H24N2O3. The van der Waals surface area contributed by atoms with Crippen LogP contribution in [0.15, 0.2) is 48.5 Å². The number of aromatic nitrogens is 1. The zero-order chi connectivity index (χ0) is 19.7. The first-order valence-corrected chi connectivity index (χ1v) is 9.40. The molecular weight excluding hydrogens is 352 g/mol. The van der Waals surface area contributed by atoms with Crippen molar-refractivity contribution in [3.8, 4) is 11.5 Å². The maximum Gasteiger partial charge on any atom is 0.268 e. The van der Waals surface area contributed by atoms with Gasteiger partial charge in [-0.25, -0.2) is 0 Å². The zero-order valence-electron chi connectivity index (χ0n) is 16.4. The fraction of sp³-hybridized carbons (Fsp3) is 0.261. The van der Waals surface area contributed by atoms with Crippen LogP contribution in [0, 0.1) is 20.8 Å². The van der Waals surface area contributed by atoms with Crippen molar-refractivity contribution in [3.63, 3.8) is 0 Å². The van der Waals surface area contributed by atoms with Gasteiger partial charge in [-0.05, 0) is 55.7 Å². The molecule has 0 unspecified atom stereocenters. The first-order valence-electron chi connectivity index (χ1n) is 9.40. The lowest BCUT2D eigenvalue weighted by molar-refractivity contribution is 0.0941. The van der Waals surface area contributed by atoms with Crippen LogP contribution in [0.5, 0.6) is 11.5 Å². The van der Waals surface area contributed by atoms with Gasteiger partial charge in [0, 0.05) is 18.8 Å². The zero-order valence-corrected chi connectivity index (χ0v) is 16.4. The van der Waals surface area contributed by atoms with E-state index in [1.165, 1.54) is 11.1 Å². The topological polar surface area (TPSA) is 52.5 Å². The monoisotopic (exact) mass is 376 g/mol. The van der Waals surface area contributed by atoms with Gasteiger partial charge in [-0.15, -0.1) is 0 Å². The maximum atomic E-state index is 13.0. The Bertz CT molecular complexity index is 1020. The Morgan fingerprint density at radius 2 is 1.68 bits per heavy atom. The number of carbonyl (C=O) groups excluding carboxylic acids is 1. The molecule has 1 aliphatic rings. The van der Waals surface area contributed by atoms with E-state index >= 15 is 0 Å². The highest BCUT2D eigenvalue weighted by Crippen LogP contribution is 2.32. The Hall–Kier alpha value is -3.21. The molecule has 0 bridgehead atoms. The standard InChI is InChI=1S/C23H24N2O3/c1-15-4-6-18(7-5-15)13-25-17(3)10-16(2)22(25)23(26)24-12-19-8-9-20-21(11-19)28-14-27-20/h4-11H,12-14H2,1-3H3,(H,24,26). The summed E-state index contributed by atoms with van der Waals surface area (Å²) in [7, 11) is 0. The van der Waals surface area contributed by atoms with Crippen LogP contribution in [-0.2, 0) is 13.1 Å². The summed E-state index contributed by atoms with van der Waals surface area (Å²) in [6.45, 7) is 7.44. The fourth-order valence-electron chi connectivity index (χ4n) is 3.55. The SMILES string of the molecule is Cc1ccc(Cn2c(C)cc(C)c2C(=O)NCc2ccc3c(c2)OCO3)cc1. The molecule has 0 saturated carbocycles. The second-order valence-electron chi connectivity index (χ2n) is 7.26. The number of carbonyl (C=O) groups is 1. The van der Waals surface area contributed by atoms with Gasteiger partial charge < -0.3 is 19.4 Å². The normalized spacial score (nSPS) is 12.2. The molecule has 2 heterocycles. The predicted octanol–water partition coefficient (Wildman–Crippen LogP) is 4.12. The predicted molar refractivity (Wildman–Crippen MR) is 108 cm³/mol. The first-order chi connectivity index (χ1) is 13.5. The molecule has 2 aromatic carbocycles. The minimum Gasteiger partial charge on any atom is -0.454 e. The lowest BCUT2D eigenvalue weighted by Gasteiger charge is -2.13. The lowest BCUT2D eigenvalue weighted by atomic mass is 10.1. The number of amides is 1. The van der Waals surface area contributed by atoms with Crippen molar-refractivity contribution in [2.75, 3.05) is 6.79 Å². The van der Waals surface area contributed by atoms with Gasteiger partial charge in [-0.3, -0.25) is 4.79 Å². The summed E-state index contributed by atoms with van der Waals surface area (Å²) in [6.07, 6.45) is 0. The van der Waals surface area contributed by atoms with Gasteiger partial charge in [0.05, 0.1) is 0 Å². The van der Waals surface area contributed by atoms with E-state index in [-0.39, 0.29) is 12.7 Å². The van der Waals surface area contributed by atoms with Crippen molar-refractivity contribution in [3.05, 3.63) is 82.2 Å². The van der Waals surface area contributed by atoms with E-state index in [0.717, 1.165) is 28.3 Å². The van der Waals surface area contributed by atoms with E-state index in [0.29, 0.717) is 18.8 Å². The summed E-state index contributed by atoms with van der Waals surface area (Å²) in [5.74, 6) is 1.39. The van der Waals surface area contributed by atoms with Crippen molar-refractivity contribution < 1.29 is 14.3 Å². The third kappa shape index (κ3) is 3.60. The van der Waals surface area contributed by atoms with E-state index in [1.54, 1.807) is 0 Å². The van der Waals surface area contributed by atoms with Crippen molar-refractivity contribution in [2.24, 2.45) is 0 Å². The minimum absolute atomic E-state index is 0.0737. The third-order valence-electron chi connectivity index (χ3n) is 5.06. The Balaban J connectivity index is 1.51. The van der Waals surface area contributed by atoms with Crippen LogP contribution < -0.4 is 14.8 Å². The van der Waals surface area contributed by atoms with Crippen LogP contribution in [0.1, 0.15) is 38.4 Å². The average Bonchev–Trinajstić information content (AvgIpc) is 3.25. The molecule has 1 aromatic heterocycles. The van der Waals surface area contributed by atoms with Crippen LogP contribution in [-0.4, -0.2) is 17.3 Å². The highest BCUT2D eigenvalue weighted by atomic mass is 16.7. The molecule has 0 spiro atoms. The van der Waals surface area contributed by atoms with Crippen LogP contribution in [0.4, 0.5) is 0 Å². The number of fused-ring (bicyclic) bond motifs is 1. The van der Waals surface area contributed by atoms with E-state index in [9.17, 15) is 4.79 Å². The summed E-state index contributed by atoms with van der Waals surface area (Å²) in [4.78, 5) is 13.0. The number of rotatable bonds is 5. The second-order valence-corrected chi connectivity index (χ2v) is 7.26. The van der Waals surface area contributed by atoms with E-state index in [2.05, 4.69) is 47.1 Å². The van der Waals surface area contributed by atoms with Gasteiger partial charge in [-0.1, -0.05) is 35.9 Å². The molecule has 1 aliphatic heterocycles. The number of benzene rings is 2. The summed E-state index contributed by atoms with van der Waals surface area (Å²) in [5, 5.41) is 3.04. The van der Waals surface area contributed by atoms with Crippen molar-refractivity contribution in [1.29, 1.82) is 0 Å². The van der Waals surface area contributed by atoms with Crippen LogP contribution in [0.3, 0.4) is 0 Å². The Kier molecular flexibility index (Phi) is 4.82. The van der Waals surface area contributed by atoms with Gasteiger partial charge in [0.25, 0.3) is 5.91 Å². The summed E-state index contributed by atoms with van der Waals surface area (Å²) >= 11 is 0. The largest absolute Gasteiger partial charge is 0.454 e. The number of ether oxygens (including phenoxy) is 2. The van der Waals surface area contributed by atoms with E-state index in [1.807, 2.05) is 32.0 Å². The maximum absolute atomic E-state index is 13.0. The number of hydrogen-bond donors (Lipinski definition) is 1. The molecule has 144 valence electrons. The summed E-state index contributed by atoms with van der Waals surface area (Å²) in [6, 6.07) is 16.2. The second kappa shape index (κ2) is 7.43. The molecule has 5 heteroatoms. The highest BCUT2D eigenvalue weighted by Gasteiger charge is 2.18. The molecule has 0 aliphatic carbocycles. The lowest BCUT2D eigenvalue weighted by Crippen LogP contribution is -2.26. The molecule has 5 nitrogen and oxygen atoms in total. The quantitative estimate of drug-likeness (QED) is 0.729. The molecule has 0 atom stereocenters. The summed E-state index contributed by atoms with van der Waals surface area (Å²) in [5.41, 5.74) is 6.14. The van der Waals surface area contributed by atoms with Gasteiger partial charge in [0.15, 0.2) is 11.5 Å². The van der Waals surface area contributed by atoms with E-state index in [4.69, 9.17) is 9.47 Å². The molecule has 1 N–H and O–H groups in total. The van der Waals surface area contributed by atoms with Gasteiger partial charge >= 0.3 is 0 Å². The van der Waals surface area contributed by atoms with Gasteiger partial charge in [0.2, 0.25) is 6.79 Å². The summed E-state index contributed by atoms with van der Waals surface area (Å²) < 4.78 is 12.8. The Morgan fingerprint density at radius 1 is 0.964 bits per heavy atom. The molecule has 0 radical (unpaired) electrons. The number of nitrogens with one attached hydrogen (secondary N) is 1. The Labute approximate surface area is 164 Å². The fourth-order valence-corrected chi connectivity index (χ4v) is 3.55. The average molecular weight is 376 g/mol. The van der Waals surface area contributed by atoms with Crippen molar-refractivity contribution >= 4 is 5.91 Å². The van der Waals surface area contributed by atoms with Crippen molar-refractivity contribution in [2.45, 2.75) is 33.9 Å². The number of hydrogen-bond acceptors (Lipinski definition) is 3. The van der Waals surface area contributed by atoms with E-state index < -0.39 is 0 Å². The molecule has 0 fully saturated rings. The first kappa shape index (κ1) is 18.2. The third-order valence-corrected chi connectivity index (χ3v) is 5.06. The molecule has 0 saturated heterocycles. The molecule has 3 aromatic rings. The molecule has 28 heavy (non-hydrogen) atoms. The van der Waals surface area contributed by atoms with Crippen LogP contribution >= 0.6 is 0 Å². The van der Waals surface area contributed by atoms with Crippen molar-refractivity contribution in [1.82, 2.24) is 9.88 Å².